The third-order valence-electron chi connectivity index (χ3n) is 4.09. The van der Waals surface area contributed by atoms with Crippen LogP contribution < -0.4 is 4.74 Å². The summed E-state index contributed by atoms with van der Waals surface area (Å²) in [7, 11) is 1.47. The van der Waals surface area contributed by atoms with Crippen molar-refractivity contribution in [2.24, 2.45) is 0 Å². The number of Topliss-reactive ketones (excluding diaryl/α,β-unsaturated/α-hetero) is 1. The lowest BCUT2D eigenvalue weighted by Gasteiger charge is -2.11. The van der Waals surface area contributed by atoms with Crippen molar-refractivity contribution in [1.29, 1.82) is 0 Å². The summed E-state index contributed by atoms with van der Waals surface area (Å²) >= 11 is 0.718. The third-order valence-corrected chi connectivity index (χ3v) is 4.94. The van der Waals surface area contributed by atoms with Crippen molar-refractivity contribution in [3.8, 4) is 17.0 Å². The maximum Gasteiger partial charge on any atom is 0.433 e. The lowest BCUT2D eigenvalue weighted by molar-refractivity contribution is -0.384. The van der Waals surface area contributed by atoms with E-state index in [2.05, 4.69) is 9.97 Å². The monoisotopic (exact) mass is 449 g/mol. The van der Waals surface area contributed by atoms with E-state index in [1.165, 1.54) is 25.3 Å². The highest BCUT2D eigenvalue weighted by Gasteiger charge is 2.34. The number of carbonyl (C=O) groups is 1. The Labute approximate surface area is 178 Å². The Balaban J connectivity index is 1.87. The minimum atomic E-state index is -4.70. The van der Waals surface area contributed by atoms with Crippen LogP contribution in [0.2, 0.25) is 0 Å². The van der Waals surface area contributed by atoms with Crippen molar-refractivity contribution >= 4 is 23.2 Å². The average molecular weight is 449 g/mol. The Morgan fingerprint density at radius 3 is 2.45 bits per heavy atom. The van der Waals surface area contributed by atoms with Crippen molar-refractivity contribution in [2.75, 3.05) is 12.9 Å². The molecule has 3 rings (SSSR count). The van der Waals surface area contributed by atoms with Crippen molar-refractivity contribution in [1.82, 2.24) is 9.97 Å². The van der Waals surface area contributed by atoms with Gasteiger partial charge < -0.3 is 4.74 Å². The molecule has 160 valence electrons. The molecular formula is C20H14F3N3O4S. The van der Waals surface area contributed by atoms with Crippen LogP contribution in [0.5, 0.6) is 5.75 Å². The first kappa shape index (κ1) is 22.2. The number of nitro groups is 1. The Morgan fingerprint density at radius 1 is 1.13 bits per heavy atom. The number of ketones is 1. The van der Waals surface area contributed by atoms with E-state index in [0.717, 1.165) is 23.9 Å². The number of alkyl halides is 3. The van der Waals surface area contributed by atoms with Crippen LogP contribution in [0.3, 0.4) is 0 Å². The summed E-state index contributed by atoms with van der Waals surface area (Å²) in [6, 6.07) is 12.2. The van der Waals surface area contributed by atoms with Crippen molar-refractivity contribution < 1.29 is 27.6 Å². The number of nitro benzene ring substituents is 1. The van der Waals surface area contributed by atoms with Gasteiger partial charge in [-0.1, -0.05) is 23.9 Å². The van der Waals surface area contributed by atoms with Gasteiger partial charge in [0.15, 0.2) is 10.9 Å². The molecule has 0 aliphatic rings. The van der Waals surface area contributed by atoms with Gasteiger partial charge in [0, 0.05) is 23.3 Å². The molecular weight excluding hydrogens is 435 g/mol. The topological polar surface area (TPSA) is 95.2 Å². The number of methoxy groups -OCH3 is 1. The maximum absolute atomic E-state index is 13.3. The molecule has 31 heavy (non-hydrogen) atoms. The van der Waals surface area contributed by atoms with Crippen LogP contribution in [-0.2, 0) is 6.18 Å². The molecule has 1 heterocycles. The van der Waals surface area contributed by atoms with E-state index in [9.17, 15) is 28.1 Å². The summed E-state index contributed by atoms with van der Waals surface area (Å²) in [5.74, 6) is -0.253. The molecule has 2 aromatic carbocycles. The normalized spacial score (nSPS) is 11.2. The number of non-ortho nitro benzene ring substituents is 1. The van der Waals surface area contributed by atoms with Crippen LogP contribution >= 0.6 is 11.8 Å². The fourth-order valence-electron chi connectivity index (χ4n) is 2.55. The number of halogens is 3. The SMILES string of the molecule is COc1ccc(-c2cc(C(F)(F)F)nc(SCC(=O)c3cccc([N+](=O)[O-])c3)n2)cc1. The molecule has 7 nitrogen and oxygen atoms in total. The maximum atomic E-state index is 13.3. The van der Waals surface area contributed by atoms with Crippen LogP contribution in [0.15, 0.2) is 59.8 Å². The van der Waals surface area contributed by atoms with Crippen LogP contribution in [0.1, 0.15) is 16.1 Å². The highest BCUT2D eigenvalue weighted by molar-refractivity contribution is 7.99. The number of rotatable bonds is 7. The average Bonchev–Trinajstić information content (AvgIpc) is 2.76. The molecule has 0 N–H and O–H groups in total. The van der Waals surface area contributed by atoms with Gasteiger partial charge in [-0.2, -0.15) is 13.2 Å². The minimum absolute atomic E-state index is 0.0373. The Bertz CT molecular complexity index is 1120. The molecule has 0 saturated heterocycles. The summed E-state index contributed by atoms with van der Waals surface area (Å²) in [6.07, 6.45) is -4.70. The van der Waals surface area contributed by atoms with Gasteiger partial charge in [-0.3, -0.25) is 14.9 Å². The van der Waals surface area contributed by atoms with E-state index in [-0.39, 0.29) is 27.9 Å². The van der Waals surface area contributed by atoms with Crippen molar-refractivity contribution in [3.05, 3.63) is 76.0 Å². The van der Waals surface area contributed by atoms with E-state index >= 15 is 0 Å². The van der Waals surface area contributed by atoms with Gasteiger partial charge in [0.25, 0.3) is 5.69 Å². The number of benzene rings is 2. The van der Waals surface area contributed by atoms with Gasteiger partial charge in [-0.05, 0) is 30.3 Å². The van der Waals surface area contributed by atoms with Gasteiger partial charge in [0.2, 0.25) is 0 Å². The van der Waals surface area contributed by atoms with Gasteiger partial charge in [-0.25, -0.2) is 9.97 Å². The molecule has 1 aromatic heterocycles. The highest BCUT2D eigenvalue weighted by Crippen LogP contribution is 2.32. The summed E-state index contributed by atoms with van der Waals surface area (Å²) in [5.41, 5.74) is -0.869. The molecule has 3 aromatic rings. The predicted octanol–water partition coefficient (Wildman–Crippen LogP) is 5.05. The second-order valence-electron chi connectivity index (χ2n) is 6.17. The van der Waals surface area contributed by atoms with Crippen LogP contribution in [0, 0.1) is 10.1 Å². The largest absolute Gasteiger partial charge is 0.497 e. The quantitative estimate of drug-likeness (QED) is 0.164. The molecule has 0 radical (unpaired) electrons. The van der Waals surface area contributed by atoms with E-state index in [1.54, 1.807) is 24.3 Å². The van der Waals surface area contributed by atoms with Crippen LogP contribution in [0.4, 0.5) is 18.9 Å². The lowest BCUT2D eigenvalue weighted by Crippen LogP contribution is -2.11. The van der Waals surface area contributed by atoms with Crippen LogP contribution in [-0.4, -0.2) is 33.5 Å². The van der Waals surface area contributed by atoms with Gasteiger partial charge >= 0.3 is 6.18 Å². The summed E-state index contributed by atoms with van der Waals surface area (Å²) in [5, 5.41) is 10.6. The summed E-state index contributed by atoms with van der Waals surface area (Å²) < 4.78 is 45.0. The van der Waals surface area contributed by atoms with Crippen molar-refractivity contribution in [2.45, 2.75) is 11.3 Å². The second kappa shape index (κ2) is 9.13. The number of ether oxygens (including phenoxy) is 1. The first-order valence-electron chi connectivity index (χ1n) is 8.68. The molecule has 0 aliphatic heterocycles. The molecule has 0 aliphatic carbocycles. The van der Waals surface area contributed by atoms with Gasteiger partial charge in [0.05, 0.1) is 23.5 Å². The van der Waals surface area contributed by atoms with E-state index in [4.69, 9.17) is 4.74 Å². The zero-order valence-corrected chi connectivity index (χ0v) is 16.7. The number of thioether (sulfide) groups is 1. The Kier molecular flexibility index (Phi) is 6.54. The molecule has 0 spiro atoms. The van der Waals surface area contributed by atoms with Crippen LogP contribution in [0.25, 0.3) is 11.3 Å². The smallest absolute Gasteiger partial charge is 0.433 e. The lowest BCUT2D eigenvalue weighted by atomic mass is 10.1. The summed E-state index contributed by atoms with van der Waals surface area (Å²) in [6.45, 7) is 0. The van der Waals surface area contributed by atoms with Gasteiger partial charge in [0.1, 0.15) is 11.4 Å². The molecule has 0 bridgehead atoms. The highest BCUT2D eigenvalue weighted by atomic mass is 32.2. The number of nitrogens with zero attached hydrogens (tertiary/aromatic N) is 3. The molecule has 0 amide bonds. The summed E-state index contributed by atoms with van der Waals surface area (Å²) in [4.78, 5) is 30.2. The number of hydrogen-bond acceptors (Lipinski definition) is 7. The van der Waals surface area contributed by atoms with E-state index in [0.29, 0.717) is 11.3 Å². The molecule has 11 heteroatoms. The zero-order chi connectivity index (χ0) is 22.6. The van der Waals surface area contributed by atoms with E-state index < -0.39 is 22.6 Å². The standard InChI is InChI=1S/C20H14F3N3O4S/c1-30-15-7-5-12(6-8-15)16-10-18(20(21,22)23)25-19(24-16)31-11-17(27)13-3-2-4-14(9-13)26(28)29/h2-10H,11H2,1H3. The first-order valence-corrected chi connectivity index (χ1v) is 9.67. The first-order chi connectivity index (χ1) is 14.7. The number of carbonyl (C=O) groups excluding carboxylic acids is 1. The second-order valence-corrected chi connectivity index (χ2v) is 7.11. The molecule has 0 saturated carbocycles. The fourth-order valence-corrected chi connectivity index (χ4v) is 3.30. The van der Waals surface area contributed by atoms with Gasteiger partial charge in [-0.15, -0.1) is 0 Å². The fraction of sp³-hybridized carbons (Fsp3) is 0.150. The van der Waals surface area contributed by atoms with Crippen molar-refractivity contribution in [3.63, 3.8) is 0 Å². The third kappa shape index (κ3) is 5.57. The Morgan fingerprint density at radius 2 is 1.84 bits per heavy atom. The number of aromatic nitrogens is 2. The molecule has 0 fully saturated rings. The van der Waals surface area contributed by atoms with E-state index in [1.807, 2.05) is 0 Å². The Hall–Kier alpha value is -3.47. The number of hydrogen-bond donors (Lipinski definition) is 0. The molecule has 0 atom stereocenters. The zero-order valence-electron chi connectivity index (χ0n) is 15.9. The predicted molar refractivity (Wildman–Crippen MR) is 107 cm³/mol. The minimum Gasteiger partial charge on any atom is -0.497 e. The molecule has 0 unspecified atom stereocenters.